The highest BCUT2D eigenvalue weighted by atomic mass is 16.5. The van der Waals surface area contributed by atoms with Gasteiger partial charge >= 0.3 is 6.03 Å². The van der Waals surface area contributed by atoms with Gasteiger partial charge in [-0.3, -0.25) is 0 Å². The molecule has 25 heavy (non-hydrogen) atoms. The van der Waals surface area contributed by atoms with Crippen LogP contribution in [-0.4, -0.2) is 46.5 Å². The molecular weight excluding hydrogens is 316 g/mol. The molecule has 134 valence electrons. The number of hydrogen-bond acceptors (Lipinski definition) is 3. The highest BCUT2D eigenvalue weighted by molar-refractivity contribution is 5.90. The van der Waals surface area contributed by atoms with Crippen LogP contribution < -0.4 is 5.32 Å². The fourth-order valence-electron chi connectivity index (χ4n) is 2.88. The molecule has 6 nitrogen and oxygen atoms in total. The fourth-order valence-corrected chi connectivity index (χ4v) is 2.88. The predicted molar refractivity (Wildman–Crippen MR) is 98.1 cm³/mol. The van der Waals surface area contributed by atoms with Crippen molar-refractivity contribution in [3.05, 3.63) is 42.2 Å². The van der Waals surface area contributed by atoms with Gasteiger partial charge in [-0.2, -0.15) is 5.10 Å². The van der Waals surface area contributed by atoms with Gasteiger partial charge in [-0.25, -0.2) is 9.48 Å². The van der Waals surface area contributed by atoms with Crippen molar-refractivity contribution in [1.82, 2.24) is 14.7 Å². The summed E-state index contributed by atoms with van der Waals surface area (Å²) in [6.45, 7) is 8.37. The summed E-state index contributed by atoms with van der Waals surface area (Å²) in [5.74, 6) is 0.510. The van der Waals surface area contributed by atoms with Crippen LogP contribution in [0, 0.1) is 12.8 Å². The third-order valence-corrected chi connectivity index (χ3v) is 4.33. The maximum Gasteiger partial charge on any atom is 0.321 e. The number of amides is 2. The van der Waals surface area contributed by atoms with Crippen LogP contribution in [0.5, 0.6) is 0 Å². The molecule has 0 bridgehead atoms. The highest BCUT2D eigenvalue weighted by Gasteiger charge is 2.27. The smallest absolute Gasteiger partial charge is 0.321 e. The Balaban J connectivity index is 1.62. The van der Waals surface area contributed by atoms with E-state index < -0.39 is 0 Å². The van der Waals surface area contributed by atoms with Crippen molar-refractivity contribution in [3.63, 3.8) is 0 Å². The number of benzene rings is 1. The Bertz CT molecular complexity index is 712. The number of ether oxygens (including phenoxy) is 1. The normalized spacial score (nSPS) is 17.3. The molecule has 1 atom stereocenters. The Morgan fingerprint density at radius 2 is 2.28 bits per heavy atom. The largest absolute Gasteiger partial charge is 0.376 e. The molecule has 0 radical (unpaired) electrons. The number of rotatable bonds is 5. The van der Waals surface area contributed by atoms with E-state index in [1.165, 1.54) is 0 Å². The van der Waals surface area contributed by atoms with Crippen molar-refractivity contribution < 1.29 is 9.53 Å². The van der Waals surface area contributed by atoms with Crippen LogP contribution in [0.4, 0.5) is 10.5 Å². The lowest BCUT2D eigenvalue weighted by molar-refractivity contribution is 0.0440. The SMILES string of the molecule is Cc1ccc(-n2cccn2)cc1NC(=O)N1CC[C@@H](OCC(C)C)C1. The molecule has 6 heteroatoms. The topological polar surface area (TPSA) is 59.4 Å². The molecule has 0 aliphatic carbocycles. The van der Waals surface area contributed by atoms with Crippen molar-refractivity contribution in [2.75, 3.05) is 25.0 Å². The summed E-state index contributed by atoms with van der Waals surface area (Å²) in [6, 6.07) is 7.73. The van der Waals surface area contributed by atoms with Gasteiger partial charge in [0.25, 0.3) is 0 Å². The standard InChI is InChI=1S/C19H26N4O2/c1-14(2)13-25-17-7-10-22(12-17)19(24)21-18-11-16(6-5-15(18)3)23-9-4-8-20-23/h4-6,8-9,11,14,17H,7,10,12-13H2,1-3H3,(H,21,24)/t17-/m1/s1. The van der Waals surface area contributed by atoms with E-state index in [-0.39, 0.29) is 12.1 Å². The van der Waals surface area contributed by atoms with Gasteiger partial charge in [-0.05, 0) is 43.0 Å². The van der Waals surface area contributed by atoms with Crippen LogP contribution in [-0.2, 0) is 4.74 Å². The van der Waals surface area contributed by atoms with Crippen molar-refractivity contribution in [2.45, 2.75) is 33.3 Å². The summed E-state index contributed by atoms with van der Waals surface area (Å²) >= 11 is 0. The van der Waals surface area contributed by atoms with Crippen molar-refractivity contribution in [3.8, 4) is 5.69 Å². The third-order valence-electron chi connectivity index (χ3n) is 4.33. The van der Waals surface area contributed by atoms with E-state index in [1.54, 1.807) is 10.9 Å². The van der Waals surface area contributed by atoms with Crippen LogP contribution in [0.25, 0.3) is 5.69 Å². The second-order valence-corrected chi connectivity index (χ2v) is 6.96. The first-order chi connectivity index (χ1) is 12.0. The zero-order valence-corrected chi connectivity index (χ0v) is 15.1. The van der Waals surface area contributed by atoms with Crippen LogP contribution in [0.2, 0.25) is 0 Å². The predicted octanol–water partition coefficient (Wildman–Crippen LogP) is 3.46. The zero-order chi connectivity index (χ0) is 17.8. The van der Waals surface area contributed by atoms with E-state index in [2.05, 4.69) is 24.3 Å². The van der Waals surface area contributed by atoms with Gasteiger partial charge in [0.2, 0.25) is 0 Å². The maximum absolute atomic E-state index is 12.6. The number of aryl methyl sites for hydroxylation is 1. The van der Waals surface area contributed by atoms with Gasteiger partial charge in [0, 0.05) is 37.8 Å². The molecular formula is C19H26N4O2. The Morgan fingerprint density at radius 3 is 3.00 bits per heavy atom. The minimum Gasteiger partial charge on any atom is -0.376 e. The van der Waals surface area contributed by atoms with Crippen LogP contribution in [0.1, 0.15) is 25.8 Å². The minimum atomic E-state index is -0.0728. The lowest BCUT2D eigenvalue weighted by atomic mass is 10.2. The molecule has 1 saturated heterocycles. The van der Waals surface area contributed by atoms with E-state index in [0.29, 0.717) is 12.5 Å². The molecule has 1 aliphatic rings. The molecule has 0 unspecified atom stereocenters. The van der Waals surface area contributed by atoms with E-state index >= 15 is 0 Å². The van der Waals surface area contributed by atoms with Gasteiger partial charge in [0.1, 0.15) is 0 Å². The number of carbonyl (C=O) groups excluding carboxylic acids is 1. The summed E-state index contributed by atoms with van der Waals surface area (Å²) in [7, 11) is 0. The van der Waals surface area contributed by atoms with Crippen LogP contribution >= 0.6 is 0 Å². The van der Waals surface area contributed by atoms with Crippen molar-refractivity contribution >= 4 is 11.7 Å². The summed E-state index contributed by atoms with van der Waals surface area (Å²) in [5, 5.41) is 7.27. The third kappa shape index (κ3) is 4.39. The van der Waals surface area contributed by atoms with E-state index in [1.807, 2.05) is 42.3 Å². The molecule has 2 amide bonds. The lowest BCUT2D eigenvalue weighted by Gasteiger charge is -2.19. The molecule has 0 saturated carbocycles. The van der Waals surface area contributed by atoms with Gasteiger partial charge in [0.15, 0.2) is 0 Å². The summed E-state index contributed by atoms with van der Waals surface area (Å²) in [5.41, 5.74) is 2.76. The second-order valence-electron chi connectivity index (χ2n) is 6.96. The lowest BCUT2D eigenvalue weighted by Crippen LogP contribution is -2.34. The Morgan fingerprint density at radius 1 is 1.44 bits per heavy atom. The Hall–Kier alpha value is -2.34. The van der Waals surface area contributed by atoms with Crippen molar-refractivity contribution in [1.29, 1.82) is 0 Å². The summed E-state index contributed by atoms with van der Waals surface area (Å²) < 4.78 is 7.63. The van der Waals surface area contributed by atoms with E-state index in [9.17, 15) is 4.79 Å². The van der Waals surface area contributed by atoms with Gasteiger partial charge in [-0.15, -0.1) is 0 Å². The van der Waals surface area contributed by atoms with Crippen LogP contribution in [0.3, 0.4) is 0 Å². The van der Waals surface area contributed by atoms with Crippen molar-refractivity contribution in [2.24, 2.45) is 5.92 Å². The summed E-state index contributed by atoms with van der Waals surface area (Å²) in [6.07, 6.45) is 4.66. The molecule has 0 spiro atoms. The molecule has 1 N–H and O–H groups in total. The number of aromatic nitrogens is 2. The van der Waals surface area contributed by atoms with Gasteiger partial charge < -0.3 is 15.0 Å². The van der Waals surface area contributed by atoms with Crippen LogP contribution in [0.15, 0.2) is 36.7 Å². The number of likely N-dealkylation sites (tertiary alicyclic amines) is 1. The molecule has 1 aliphatic heterocycles. The first-order valence-corrected chi connectivity index (χ1v) is 8.81. The molecule has 2 aromatic rings. The number of anilines is 1. The maximum atomic E-state index is 12.6. The quantitative estimate of drug-likeness (QED) is 0.905. The number of urea groups is 1. The Labute approximate surface area is 148 Å². The molecule has 1 aromatic carbocycles. The average molecular weight is 342 g/mol. The molecule has 1 aromatic heterocycles. The number of nitrogens with zero attached hydrogens (tertiary/aromatic N) is 3. The first-order valence-electron chi connectivity index (χ1n) is 8.81. The average Bonchev–Trinajstić information content (AvgIpc) is 3.26. The van der Waals surface area contributed by atoms with E-state index in [4.69, 9.17) is 4.74 Å². The Kier molecular flexibility index (Phi) is 5.38. The highest BCUT2D eigenvalue weighted by Crippen LogP contribution is 2.21. The molecule has 3 rings (SSSR count). The molecule has 2 heterocycles. The zero-order valence-electron chi connectivity index (χ0n) is 15.1. The molecule has 1 fully saturated rings. The number of hydrogen-bond donors (Lipinski definition) is 1. The minimum absolute atomic E-state index is 0.0728. The summed E-state index contributed by atoms with van der Waals surface area (Å²) in [4.78, 5) is 14.4. The second kappa shape index (κ2) is 7.70. The number of carbonyl (C=O) groups is 1. The first kappa shape index (κ1) is 17.5. The van der Waals surface area contributed by atoms with E-state index in [0.717, 1.165) is 36.5 Å². The van der Waals surface area contributed by atoms with Gasteiger partial charge in [-0.1, -0.05) is 19.9 Å². The fraction of sp³-hybridized carbons (Fsp3) is 0.474. The number of nitrogens with one attached hydrogen (secondary N) is 1. The monoisotopic (exact) mass is 342 g/mol. The van der Waals surface area contributed by atoms with Gasteiger partial charge in [0.05, 0.1) is 11.8 Å².